The Morgan fingerprint density at radius 3 is 2.73 bits per heavy atom. The lowest BCUT2D eigenvalue weighted by Crippen LogP contribution is -2.37. The summed E-state index contributed by atoms with van der Waals surface area (Å²) in [5.74, 6) is 0. The van der Waals surface area contributed by atoms with Gasteiger partial charge >= 0.3 is 0 Å². The predicted octanol–water partition coefficient (Wildman–Crippen LogP) is 1.92. The molecular weight excluding hydrogens is 208 g/mol. The average Bonchev–Trinajstić information content (AvgIpc) is 2.18. The van der Waals surface area contributed by atoms with Gasteiger partial charge in [-0.2, -0.15) is 17.0 Å². The quantitative estimate of drug-likeness (QED) is 0.798. The summed E-state index contributed by atoms with van der Waals surface area (Å²) >= 11 is 1.95. The van der Waals surface area contributed by atoms with Crippen molar-refractivity contribution < 1.29 is 4.74 Å². The molecule has 2 unspecified atom stereocenters. The van der Waals surface area contributed by atoms with E-state index in [1.165, 1.54) is 0 Å². The first-order valence-corrected chi connectivity index (χ1v) is 6.41. The Hall–Kier alpha value is -0.240. The molecule has 0 aliphatic carbocycles. The molecular formula is C11H20N2OS. The highest BCUT2D eigenvalue weighted by Crippen LogP contribution is 2.29. The zero-order chi connectivity index (χ0) is 11.3. The highest BCUT2D eigenvalue weighted by molar-refractivity contribution is 8.00. The van der Waals surface area contributed by atoms with Crippen LogP contribution in [0.4, 0.5) is 0 Å². The third-order valence-electron chi connectivity index (χ3n) is 2.56. The van der Waals surface area contributed by atoms with Gasteiger partial charge in [-0.3, -0.25) is 0 Å². The fraction of sp³-hybridized carbons (Fsp3) is 0.909. The van der Waals surface area contributed by atoms with Crippen LogP contribution in [0.5, 0.6) is 0 Å². The first kappa shape index (κ1) is 12.8. The number of nitriles is 1. The third-order valence-corrected chi connectivity index (χ3v) is 4.05. The fourth-order valence-corrected chi connectivity index (χ4v) is 3.40. The summed E-state index contributed by atoms with van der Waals surface area (Å²) in [6, 6.07) is 2.15. The molecule has 1 aliphatic rings. The number of hydrogen-bond donors (Lipinski definition) is 1. The summed E-state index contributed by atoms with van der Waals surface area (Å²) in [7, 11) is 0. The fourth-order valence-electron chi connectivity index (χ4n) is 1.83. The van der Waals surface area contributed by atoms with Crippen molar-refractivity contribution in [1.29, 1.82) is 5.26 Å². The molecule has 0 radical (unpaired) electrons. The topological polar surface area (TPSA) is 59.0 Å². The lowest BCUT2D eigenvalue weighted by atomic mass is 10.00. The Balaban J connectivity index is 2.29. The van der Waals surface area contributed by atoms with Crippen LogP contribution in [0.1, 0.15) is 33.1 Å². The molecule has 0 spiro atoms. The van der Waals surface area contributed by atoms with Crippen molar-refractivity contribution in [2.45, 2.75) is 49.1 Å². The van der Waals surface area contributed by atoms with Crippen LogP contribution >= 0.6 is 11.8 Å². The Labute approximate surface area is 96.4 Å². The number of nitrogens with zero attached hydrogens (tertiary/aromatic N) is 1. The van der Waals surface area contributed by atoms with Crippen LogP contribution in [-0.4, -0.2) is 29.3 Å². The maximum Gasteiger partial charge on any atom is 0.102 e. The van der Waals surface area contributed by atoms with E-state index in [4.69, 9.17) is 15.7 Å². The molecule has 1 heterocycles. The van der Waals surface area contributed by atoms with Crippen molar-refractivity contribution in [3.05, 3.63) is 0 Å². The molecule has 86 valence electrons. The van der Waals surface area contributed by atoms with Crippen molar-refractivity contribution in [3.8, 4) is 6.07 Å². The van der Waals surface area contributed by atoms with Gasteiger partial charge in [0.25, 0.3) is 0 Å². The summed E-state index contributed by atoms with van der Waals surface area (Å²) in [5.41, 5.74) is 5.14. The predicted molar refractivity (Wildman–Crippen MR) is 63.7 cm³/mol. The van der Waals surface area contributed by atoms with Crippen LogP contribution in [0.15, 0.2) is 0 Å². The van der Waals surface area contributed by atoms with E-state index in [0.717, 1.165) is 32.5 Å². The lowest BCUT2D eigenvalue weighted by molar-refractivity contribution is 0.0999. The Kier molecular flexibility index (Phi) is 4.91. The largest absolute Gasteiger partial charge is 0.381 e. The van der Waals surface area contributed by atoms with Gasteiger partial charge in [-0.25, -0.2) is 0 Å². The minimum Gasteiger partial charge on any atom is -0.381 e. The Bertz CT molecular complexity index is 231. The standard InChI is InChI=1S/C11H20N2OS/c1-9(7-11(2,13)8-12)15-10-3-5-14-6-4-10/h9-10H,3-7,13H2,1-2H3. The molecule has 2 N–H and O–H groups in total. The first-order valence-electron chi connectivity index (χ1n) is 5.47. The van der Waals surface area contributed by atoms with E-state index in [0.29, 0.717) is 10.5 Å². The lowest BCUT2D eigenvalue weighted by Gasteiger charge is -2.27. The van der Waals surface area contributed by atoms with Crippen molar-refractivity contribution >= 4 is 11.8 Å². The molecule has 2 atom stereocenters. The van der Waals surface area contributed by atoms with Crippen LogP contribution < -0.4 is 5.73 Å². The van der Waals surface area contributed by atoms with Gasteiger partial charge in [-0.05, 0) is 26.2 Å². The Morgan fingerprint density at radius 2 is 2.20 bits per heavy atom. The van der Waals surface area contributed by atoms with E-state index in [1.807, 2.05) is 11.8 Å². The van der Waals surface area contributed by atoms with Crippen LogP contribution in [0.3, 0.4) is 0 Å². The number of nitrogens with two attached hydrogens (primary N) is 1. The second-order valence-electron chi connectivity index (χ2n) is 4.49. The molecule has 4 heteroatoms. The van der Waals surface area contributed by atoms with Crippen LogP contribution in [0, 0.1) is 11.3 Å². The van der Waals surface area contributed by atoms with Crippen LogP contribution in [0.25, 0.3) is 0 Å². The van der Waals surface area contributed by atoms with E-state index < -0.39 is 5.54 Å². The molecule has 0 amide bonds. The number of thioether (sulfide) groups is 1. The molecule has 1 rings (SSSR count). The summed E-state index contributed by atoms with van der Waals surface area (Å²) in [6.45, 7) is 5.71. The molecule has 0 aromatic rings. The molecule has 15 heavy (non-hydrogen) atoms. The molecule has 0 saturated carbocycles. The van der Waals surface area contributed by atoms with Gasteiger partial charge in [0.2, 0.25) is 0 Å². The minimum absolute atomic E-state index is 0.447. The van der Waals surface area contributed by atoms with E-state index >= 15 is 0 Å². The van der Waals surface area contributed by atoms with Crippen molar-refractivity contribution in [3.63, 3.8) is 0 Å². The minimum atomic E-state index is -0.683. The maximum absolute atomic E-state index is 8.84. The first-order chi connectivity index (χ1) is 7.03. The van der Waals surface area contributed by atoms with Crippen molar-refractivity contribution in [1.82, 2.24) is 0 Å². The SMILES string of the molecule is CC(CC(C)(N)C#N)SC1CCOCC1. The van der Waals surface area contributed by atoms with Crippen LogP contribution in [-0.2, 0) is 4.74 Å². The summed E-state index contributed by atoms with van der Waals surface area (Å²) in [6.07, 6.45) is 3.01. The van der Waals surface area contributed by atoms with Crippen molar-refractivity contribution in [2.24, 2.45) is 5.73 Å². The molecule has 1 fully saturated rings. The summed E-state index contributed by atoms with van der Waals surface area (Å²) in [5, 5.41) is 9.98. The van der Waals surface area contributed by atoms with Gasteiger partial charge in [-0.1, -0.05) is 6.92 Å². The molecule has 0 aromatic heterocycles. The second-order valence-corrected chi connectivity index (χ2v) is 6.24. The van der Waals surface area contributed by atoms with Gasteiger partial charge in [0.05, 0.1) is 6.07 Å². The second kappa shape index (κ2) is 5.74. The average molecular weight is 228 g/mol. The zero-order valence-corrected chi connectivity index (χ0v) is 10.3. The van der Waals surface area contributed by atoms with Gasteiger partial charge in [0.15, 0.2) is 0 Å². The summed E-state index contributed by atoms with van der Waals surface area (Å²) < 4.78 is 5.31. The molecule has 3 nitrogen and oxygen atoms in total. The van der Waals surface area contributed by atoms with Crippen LogP contribution in [0.2, 0.25) is 0 Å². The maximum atomic E-state index is 8.84. The summed E-state index contributed by atoms with van der Waals surface area (Å²) in [4.78, 5) is 0. The monoisotopic (exact) mass is 228 g/mol. The van der Waals surface area contributed by atoms with Gasteiger partial charge < -0.3 is 10.5 Å². The molecule has 1 saturated heterocycles. The highest BCUT2D eigenvalue weighted by Gasteiger charge is 2.24. The normalized spacial score (nSPS) is 24.1. The van der Waals surface area contributed by atoms with E-state index in [2.05, 4.69) is 13.0 Å². The zero-order valence-electron chi connectivity index (χ0n) is 9.53. The van der Waals surface area contributed by atoms with E-state index in [-0.39, 0.29) is 0 Å². The van der Waals surface area contributed by atoms with Gasteiger partial charge in [-0.15, -0.1) is 0 Å². The molecule has 0 aromatic carbocycles. The molecule has 1 aliphatic heterocycles. The van der Waals surface area contributed by atoms with Gasteiger partial charge in [0, 0.05) is 23.7 Å². The Morgan fingerprint density at radius 1 is 1.60 bits per heavy atom. The third kappa shape index (κ3) is 4.87. The van der Waals surface area contributed by atoms with Crippen molar-refractivity contribution in [2.75, 3.05) is 13.2 Å². The number of rotatable bonds is 4. The number of ether oxygens (including phenoxy) is 1. The highest BCUT2D eigenvalue weighted by atomic mass is 32.2. The van der Waals surface area contributed by atoms with E-state index in [9.17, 15) is 0 Å². The molecule has 0 bridgehead atoms. The smallest absolute Gasteiger partial charge is 0.102 e. The number of hydrogen-bond acceptors (Lipinski definition) is 4. The van der Waals surface area contributed by atoms with E-state index in [1.54, 1.807) is 6.92 Å². The van der Waals surface area contributed by atoms with Gasteiger partial charge in [0.1, 0.15) is 5.54 Å².